The van der Waals surface area contributed by atoms with Crippen molar-refractivity contribution in [2.24, 2.45) is 0 Å². The average Bonchev–Trinajstić information content (AvgIpc) is 3.16. The summed E-state index contributed by atoms with van der Waals surface area (Å²) in [5.74, 6) is 0.785. The topological polar surface area (TPSA) is 94.3 Å². The summed E-state index contributed by atoms with van der Waals surface area (Å²) in [6.07, 6.45) is 0.0823. The third-order valence-electron chi connectivity index (χ3n) is 5.92. The lowest BCUT2D eigenvalue weighted by molar-refractivity contribution is -0.155. The number of carbonyl (C=O) groups is 2. The number of aryl methyl sites for hydroxylation is 2. The molecular weight excluding hydrogens is 450 g/mol. The predicted octanol–water partition coefficient (Wildman–Crippen LogP) is 2.48. The molecule has 0 spiro atoms. The van der Waals surface area contributed by atoms with Crippen LogP contribution in [0.1, 0.15) is 28.2 Å². The van der Waals surface area contributed by atoms with Crippen molar-refractivity contribution in [3.8, 4) is 5.75 Å². The summed E-state index contributed by atoms with van der Waals surface area (Å²) in [5.41, 5.74) is -0.0276. The molecule has 2 fully saturated rings. The maximum atomic E-state index is 13.3. The van der Waals surface area contributed by atoms with Crippen LogP contribution in [0.5, 0.6) is 5.75 Å². The first-order valence-electron chi connectivity index (χ1n) is 11.0. The second kappa shape index (κ2) is 10.1. The molecule has 0 radical (unpaired) electrons. The highest BCUT2D eigenvalue weighted by Gasteiger charge is 2.43. The number of halogens is 1. The zero-order chi connectivity index (χ0) is 23.4. The second-order valence-corrected chi connectivity index (χ2v) is 8.81. The van der Waals surface area contributed by atoms with Crippen LogP contribution in [0, 0.1) is 13.8 Å². The summed E-state index contributed by atoms with van der Waals surface area (Å²) in [4.78, 5) is 29.9. The Bertz CT molecular complexity index is 986. The van der Waals surface area contributed by atoms with Gasteiger partial charge in [-0.25, -0.2) is 0 Å². The van der Waals surface area contributed by atoms with Crippen LogP contribution in [-0.4, -0.2) is 85.0 Å². The maximum absolute atomic E-state index is 13.3. The summed E-state index contributed by atoms with van der Waals surface area (Å²) < 4.78 is 22.7. The van der Waals surface area contributed by atoms with E-state index in [1.165, 1.54) is 0 Å². The molecule has 2 aliphatic rings. The first kappa shape index (κ1) is 23.5. The molecule has 3 heterocycles. The van der Waals surface area contributed by atoms with Crippen LogP contribution in [0.2, 0.25) is 5.02 Å². The third kappa shape index (κ3) is 5.48. The Hall–Kier alpha value is -2.62. The number of morpholine rings is 2. The molecule has 2 aromatic rings. The van der Waals surface area contributed by atoms with Crippen molar-refractivity contribution in [1.82, 2.24) is 15.0 Å². The average molecular weight is 478 g/mol. The van der Waals surface area contributed by atoms with Gasteiger partial charge in [0.05, 0.1) is 38.5 Å². The molecule has 2 amide bonds. The molecule has 2 aliphatic heterocycles. The molecular formula is C23H28ClN3O6. The lowest BCUT2D eigenvalue weighted by Gasteiger charge is -2.43. The van der Waals surface area contributed by atoms with Crippen molar-refractivity contribution in [2.45, 2.75) is 25.9 Å². The quantitative estimate of drug-likeness (QED) is 0.630. The molecule has 33 heavy (non-hydrogen) atoms. The van der Waals surface area contributed by atoms with E-state index in [1.54, 1.807) is 47.9 Å². The van der Waals surface area contributed by atoms with Gasteiger partial charge in [0.15, 0.2) is 0 Å². The summed E-state index contributed by atoms with van der Waals surface area (Å²) in [7, 11) is 0. The Balaban J connectivity index is 1.55. The van der Waals surface area contributed by atoms with Crippen LogP contribution >= 0.6 is 11.6 Å². The van der Waals surface area contributed by atoms with Gasteiger partial charge in [0, 0.05) is 24.7 Å². The van der Waals surface area contributed by atoms with Crippen molar-refractivity contribution < 1.29 is 28.3 Å². The molecule has 1 aromatic heterocycles. The van der Waals surface area contributed by atoms with E-state index in [-0.39, 0.29) is 38.0 Å². The first-order chi connectivity index (χ1) is 15.9. The van der Waals surface area contributed by atoms with Gasteiger partial charge in [0.25, 0.3) is 5.91 Å². The molecule has 0 bridgehead atoms. The Kier molecular flexibility index (Phi) is 7.21. The lowest BCUT2D eigenvalue weighted by atomic mass is 9.96. The molecule has 4 rings (SSSR count). The normalized spacial score (nSPS) is 21.2. The molecule has 9 nitrogen and oxygen atoms in total. The van der Waals surface area contributed by atoms with E-state index >= 15 is 0 Å². The van der Waals surface area contributed by atoms with Crippen LogP contribution < -0.4 is 4.74 Å². The van der Waals surface area contributed by atoms with Crippen LogP contribution in [0.15, 0.2) is 28.8 Å². The number of amides is 2. The van der Waals surface area contributed by atoms with Crippen molar-refractivity contribution in [2.75, 3.05) is 52.6 Å². The molecule has 2 saturated heterocycles. The summed E-state index contributed by atoms with van der Waals surface area (Å²) >= 11 is 6.09. The third-order valence-corrected chi connectivity index (χ3v) is 6.15. The van der Waals surface area contributed by atoms with E-state index in [1.807, 2.05) is 0 Å². The summed E-state index contributed by atoms with van der Waals surface area (Å²) in [5, 5.41) is 4.45. The van der Waals surface area contributed by atoms with Gasteiger partial charge in [-0.2, -0.15) is 0 Å². The van der Waals surface area contributed by atoms with Crippen LogP contribution in [0.4, 0.5) is 0 Å². The van der Waals surface area contributed by atoms with E-state index in [4.69, 9.17) is 30.3 Å². The minimum Gasteiger partial charge on any atom is -0.490 e. The summed E-state index contributed by atoms with van der Waals surface area (Å²) in [6, 6.07) is 7.04. The smallest absolute Gasteiger partial charge is 0.259 e. The highest BCUT2D eigenvalue weighted by atomic mass is 35.5. The molecule has 1 atom stereocenters. The molecule has 178 valence electrons. The first-order valence-corrected chi connectivity index (χ1v) is 11.3. The Morgan fingerprint density at radius 3 is 2.61 bits per heavy atom. The highest BCUT2D eigenvalue weighted by Crippen LogP contribution is 2.28. The number of benzene rings is 1. The predicted molar refractivity (Wildman–Crippen MR) is 120 cm³/mol. The highest BCUT2D eigenvalue weighted by molar-refractivity contribution is 6.30. The van der Waals surface area contributed by atoms with Crippen LogP contribution in [0.25, 0.3) is 0 Å². The fourth-order valence-electron chi connectivity index (χ4n) is 4.18. The van der Waals surface area contributed by atoms with E-state index in [0.29, 0.717) is 60.6 Å². The zero-order valence-corrected chi connectivity index (χ0v) is 19.6. The van der Waals surface area contributed by atoms with E-state index in [0.717, 1.165) is 0 Å². The minimum absolute atomic E-state index is 0.0559. The standard InChI is InChI=1S/C23H28ClN3O6/c1-16-21(17(2)33-25-16)22(29)27-8-11-32-23(14-27,13-20(28)26-6-9-30-10-7-26)15-31-19-5-3-4-18(24)12-19/h3-5,12H,6-11,13-15H2,1-2H3/t23-/m1/s1. The molecule has 0 N–H and O–H groups in total. The number of ether oxygens (including phenoxy) is 3. The van der Waals surface area contributed by atoms with Gasteiger partial charge in [-0.05, 0) is 32.0 Å². The second-order valence-electron chi connectivity index (χ2n) is 8.37. The Labute approximate surface area is 197 Å². The number of rotatable bonds is 6. The number of aromatic nitrogens is 1. The van der Waals surface area contributed by atoms with Crippen LogP contribution in [-0.2, 0) is 14.3 Å². The number of hydrogen-bond donors (Lipinski definition) is 0. The van der Waals surface area contributed by atoms with Gasteiger partial charge < -0.3 is 28.5 Å². The van der Waals surface area contributed by atoms with Crippen LogP contribution in [0.3, 0.4) is 0 Å². The molecule has 0 saturated carbocycles. The molecule has 1 aromatic carbocycles. The van der Waals surface area contributed by atoms with Gasteiger partial charge >= 0.3 is 0 Å². The minimum atomic E-state index is -1.01. The van der Waals surface area contributed by atoms with Crippen molar-refractivity contribution in [1.29, 1.82) is 0 Å². The van der Waals surface area contributed by atoms with Gasteiger partial charge in [0.2, 0.25) is 5.91 Å². The number of carbonyl (C=O) groups excluding carboxylic acids is 2. The van der Waals surface area contributed by atoms with E-state index < -0.39 is 5.60 Å². The fraction of sp³-hybridized carbons (Fsp3) is 0.522. The Morgan fingerprint density at radius 2 is 1.91 bits per heavy atom. The van der Waals surface area contributed by atoms with Crippen molar-refractivity contribution in [3.63, 3.8) is 0 Å². The maximum Gasteiger partial charge on any atom is 0.259 e. The number of hydrogen-bond acceptors (Lipinski definition) is 7. The van der Waals surface area contributed by atoms with Gasteiger partial charge in [-0.3, -0.25) is 9.59 Å². The monoisotopic (exact) mass is 477 g/mol. The largest absolute Gasteiger partial charge is 0.490 e. The van der Waals surface area contributed by atoms with E-state index in [9.17, 15) is 9.59 Å². The molecule has 10 heteroatoms. The SMILES string of the molecule is Cc1noc(C)c1C(=O)N1CCO[C@](COc2cccc(Cl)c2)(CC(=O)N2CCOCC2)C1. The lowest BCUT2D eigenvalue weighted by Crippen LogP contribution is -2.58. The fourth-order valence-corrected chi connectivity index (χ4v) is 4.36. The van der Waals surface area contributed by atoms with Gasteiger partial charge in [-0.1, -0.05) is 22.8 Å². The Morgan fingerprint density at radius 1 is 1.15 bits per heavy atom. The van der Waals surface area contributed by atoms with Gasteiger partial charge in [-0.15, -0.1) is 0 Å². The van der Waals surface area contributed by atoms with Crippen molar-refractivity contribution in [3.05, 3.63) is 46.3 Å². The number of nitrogens with zero attached hydrogens (tertiary/aromatic N) is 3. The molecule has 0 unspecified atom stereocenters. The van der Waals surface area contributed by atoms with Crippen molar-refractivity contribution >= 4 is 23.4 Å². The van der Waals surface area contributed by atoms with Gasteiger partial charge in [0.1, 0.15) is 29.3 Å². The molecule has 0 aliphatic carbocycles. The zero-order valence-electron chi connectivity index (χ0n) is 18.8. The summed E-state index contributed by atoms with van der Waals surface area (Å²) in [6.45, 7) is 6.51. The van der Waals surface area contributed by atoms with E-state index in [2.05, 4.69) is 5.16 Å².